The molecule has 1 N–H and O–H groups in total. The number of amides is 1. The SMILES string of the molecule is CCC(C)(CCBr)NC(=O)c1cc(C)cc(Cl)c1. The Morgan fingerprint density at radius 1 is 1.44 bits per heavy atom. The van der Waals surface area contributed by atoms with Gasteiger partial charge >= 0.3 is 0 Å². The van der Waals surface area contributed by atoms with Crippen molar-refractivity contribution in [2.75, 3.05) is 5.33 Å². The summed E-state index contributed by atoms with van der Waals surface area (Å²) in [5.74, 6) is -0.0640. The second-order valence-electron chi connectivity index (χ2n) is 4.82. The minimum Gasteiger partial charge on any atom is -0.347 e. The number of alkyl halides is 1. The molecule has 4 heteroatoms. The topological polar surface area (TPSA) is 29.1 Å². The van der Waals surface area contributed by atoms with Crippen molar-refractivity contribution in [3.8, 4) is 0 Å². The van der Waals surface area contributed by atoms with E-state index in [4.69, 9.17) is 11.6 Å². The molecule has 0 aromatic heterocycles. The Labute approximate surface area is 122 Å². The van der Waals surface area contributed by atoms with Crippen LogP contribution in [0.2, 0.25) is 5.02 Å². The van der Waals surface area contributed by atoms with Crippen molar-refractivity contribution in [2.45, 2.75) is 39.2 Å². The summed E-state index contributed by atoms with van der Waals surface area (Å²) in [6, 6.07) is 5.40. The van der Waals surface area contributed by atoms with Crippen molar-refractivity contribution in [1.82, 2.24) is 5.32 Å². The molecule has 0 aliphatic rings. The van der Waals surface area contributed by atoms with E-state index in [2.05, 4.69) is 35.1 Å². The van der Waals surface area contributed by atoms with Gasteiger partial charge in [0.15, 0.2) is 0 Å². The molecule has 1 aromatic rings. The highest BCUT2D eigenvalue weighted by atomic mass is 79.9. The second kappa shape index (κ2) is 6.58. The third-order valence-electron chi connectivity index (χ3n) is 3.15. The molecule has 2 nitrogen and oxygen atoms in total. The van der Waals surface area contributed by atoms with Gasteiger partial charge in [0.25, 0.3) is 5.91 Å². The summed E-state index contributed by atoms with van der Waals surface area (Å²) in [6.45, 7) is 6.07. The lowest BCUT2D eigenvalue weighted by Gasteiger charge is -2.29. The summed E-state index contributed by atoms with van der Waals surface area (Å²) < 4.78 is 0. The van der Waals surface area contributed by atoms with Crippen molar-refractivity contribution in [3.63, 3.8) is 0 Å². The summed E-state index contributed by atoms with van der Waals surface area (Å²) in [7, 11) is 0. The molecular formula is C14H19BrClNO. The van der Waals surface area contributed by atoms with E-state index in [0.29, 0.717) is 10.6 Å². The van der Waals surface area contributed by atoms with Crippen molar-refractivity contribution < 1.29 is 4.79 Å². The largest absolute Gasteiger partial charge is 0.347 e. The lowest BCUT2D eigenvalue weighted by atomic mass is 9.95. The van der Waals surface area contributed by atoms with Crippen LogP contribution in [-0.2, 0) is 0 Å². The fourth-order valence-corrected chi connectivity index (χ4v) is 2.91. The molecule has 0 heterocycles. The monoisotopic (exact) mass is 331 g/mol. The van der Waals surface area contributed by atoms with Crippen LogP contribution in [-0.4, -0.2) is 16.8 Å². The number of benzene rings is 1. The molecule has 0 fully saturated rings. The highest BCUT2D eigenvalue weighted by Gasteiger charge is 2.24. The maximum atomic E-state index is 12.2. The summed E-state index contributed by atoms with van der Waals surface area (Å²) in [5.41, 5.74) is 1.43. The Kier molecular flexibility index (Phi) is 5.67. The molecule has 0 aliphatic carbocycles. The van der Waals surface area contributed by atoms with E-state index in [9.17, 15) is 4.79 Å². The molecule has 0 bridgehead atoms. The van der Waals surface area contributed by atoms with Gasteiger partial charge in [0, 0.05) is 21.5 Å². The fraction of sp³-hybridized carbons (Fsp3) is 0.500. The first-order chi connectivity index (χ1) is 8.40. The van der Waals surface area contributed by atoms with Crippen LogP contribution in [0, 0.1) is 6.92 Å². The Hall–Kier alpha value is -0.540. The minimum absolute atomic E-state index is 0.0640. The van der Waals surface area contributed by atoms with Crippen molar-refractivity contribution in [3.05, 3.63) is 34.3 Å². The van der Waals surface area contributed by atoms with Crippen molar-refractivity contribution in [2.24, 2.45) is 0 Å². The lowest BCUT2D eigenvalue weighted by Crippen LogP contribution is -2.45. The van der Waals surface area contributed by atoms with Gasteiger partial charge in [-0.3, -0.25) is 4.79 Å². The number of aryl methyl sites for hydroxylation is 1. The highest BCUT2D eigenvalue weighted by molar-refractivity contribution is 9.09. The third kappa shape index (κ3) is 4.29. The number of rotatable bonds is 5. The molecule has 0 aliphatic heterocycles. The van der Waals surface area contributed by atoms with E-state index in [1.165, 1.54) is 0 Å². The summed E-state index contributed by atoms with van der Waals surface area (Å²) >= 11 is 9.40. The Morgan fingerprint density at radius 2 is 2.11 bits per heavy atom. The van der Waals surface area contributed by atoms with Crippen molar-refractivity contribution >= 4 is 33.4 Å². The standard InChI is InChI=1S/C14H19BrClNO/c1-4-14(3,5-6-15)17-13(18)11-7-10(2)8-12(16)9-11/h7-9H,4-6H2,1-3H3,(H,17,18). The van der Waals surface area contributed by atoms with Gasteiger partial charge in [-0.05, 0) is 50.5 Å². The normalized spacial score (nSPS) is 14.1. The zero-order valence-electron chi connectivity index (χ0n) is 11.0. The lowest BCUT2D eigenvalue weighted by molar-refractivity contribution is 0.0901. The van der Waals surface area contributed by atoms with Gasteiger partial charge < -0.3 is 5.32 Å². The van der Waals surface area contributed by atoms with E-state index in [1.807, 2.05) is 19.1 Å². The molecule has 18 heavy (non-hydrogen) atoms. The zero-order chi connectivity index (χ0) is 13.8. The molecule has 1 atom stereocenters. The third-order valence-corrected chi connectivity index (χ3v) is 3.76. The van der Waals surface area contributed by atoms with E-state index < -0.39 is 0 Å². The van der Waals surface area contributed by atoms with Crippen LogP contribution in [0.1, 0.15) is 42.6 Å². The smallest absolute Gasteiger partial charge is 0.251 e. The zero-order valence-corrected chi connectivity index (χ0v) is 13.4. The fourth-order valence-electron chi connectivity index (χ4n) is 1.75. The first-order valence-corrected chi connectivity index (χ1v) is 7.56. The van der Waals surface area contributed by atoms with Gasteiger partial charge in [-0.25, -0.2) is 0 Å². The second-order valence-corrected chi connectivity index (χ2v) is 6.05. The minimum atomic E-state index is -0.184. The first kappa shape index (κ1) is 15.5. The quantitative estimate of drug-likeness (QED) is 0.799. The predicted octanol–water partition coefficient (Wildman–Crippen LogP) is 4.33. The van der Waals surface area contributed by atoms with E-state index in [0.717, 1.165) is 23.7 Å². The number of hydrogen-bond donors (Lipinski definition) is 1. The molecule has 100 valence electrons. The van der Waals surface area contributed by atoms with Gasteiger partial charge in [-0.2, -0.15) is 0 Å². The van der Waals surface area contributed by atoms with Gasteiger partial charge in [-0.15, -0.1) is 0 Å². The van der Waals surface area contributed by atoms with Crippen molar-refractivity contribution in [1.29, 1.82) is 0 Å². The molecular weight excluding hydrogens is 314 g/mol. The summed E-state index contributed by atoms with van der Waals surface area (Å²) in [6.07, 6.45) is 1.79. The molecule has 0 radical (unpaired) electrons. The summed E-state index contributed by atoms with van der Waals surface area (Å²) in [5, 5.41) is 4.55. The number of hydrogen-bond acceptors (Lipinski definition) is 1. The van der Waals surface area contributed by atoms with Crippen LogP contribution in [0.5, 0.6) is 0 Å². The highest BCUT2D eigenvalue weighted by Crippen LogP contribution is 2.19. The summed E-state index contributed by atoms with van der Waals surface area (Å²) in [4.78, 5) is 12.2. The Balaban J connectivity index is 2.87. The molecule has 0 saturated carbocycles. The Bertz CT molecular complexity index is 416. The average Bonchev–Trinajstić information content (AvgIpc) is 2.28. The van der Waals surface area contributed by atoms with Crippen LogP contribution < -0.4 is 5.32 Å². The van der Waals surface area contributed by atoms with Crippen LogP contribution in [0.25, 0.3) is 0 Å². The number of carbonyl (C=O) groups is 1. The molecule has 1 amide bonds. The van der Waals surface area contributed by atoms with Gasteiger partial charge in [-0.1, -0.05) is 34.5 Å². The van der Waals surface area contributed by atoms with Crippen LogP contribution in [0.15, 0.2) is 18.2 Å². The van der Waals surface area contributed by atoms with Gasteiger partial charge in [0.1, 0.15) is 0 Å². The predicted molar refractivity (Wildman–Crippen MR) is 80.8 cm³/mol. The van der Waals surface area contributed by atoms with Gasteiger partial charge in [0.2, 0.25) is 0 Å². The maximum absolute atomic E-state index is 12.2. The van der Waals surface area contributed by atoms with Crippen LogP contribution >= 0.6 is 27.5 Å². The molecule has 0 saturated heterocycles. The van der Waals surface area contributed by atoms with E-state index in [-0.39, 0.29) is 11.4 Å². The number of carbonyl (C=O) groups excluding carboxylic acids is 1. The van der Waals surface area contributed by atoms with E-state index in [1.54, 1.807) is 6.07 Å². The Morgan fingerprint density at radius 3 is 2.61 bits per heavy atom. The van der Waals surface area contributed by atoms with Crippen LogP contribution in [0.4, 0.5) is 0 Å². The molecule has 0 spiro atoms. The first-order valence-electron chi connectivity index (χ1n) is 6.06. The van der Waals surface area contributed by atoms with Crippen LogP contribution in [0.3, 0.4) is 0 Å². The average molecular weight is 333 g/mol. The molecule has 1 aromatic carbocycles. The van der Waals surface area contributed by atoms with E-state index >= 15 is 0 Å². The van der Waals surface area contributed by atoms with Gasteiger partial charge in [0.05, 0.1) is 0 Å². The maximum Gasteiger partial charge on any atom is 0.251 e. The number of halogens is 2. The molecule has 1 unspecified atom stereocenters. The molecule has 1 rings (SSSR count). The number of nitrogens with one attached hydrogen (secondary N) is 1.